The van der Waals surface area contributed by atoms with Crippen molar-refractivity contribution in [1.29, 1.82) is 0 Å². The first kappa shape index (κ1) is 16.7. The predicted molar refractivity (Wildman–Crippen MR) is 81.3 cm³/mol. The third-order valence-corrected chi connectivity index (χ3v) is 3.07. The number of carbonyl (C=O) groups excluding carboxylic acids is 2. The fourth-order valence-corrected chi connectivity index (χ4v) is 2.02. The van der Waals surface area contributed by atoms with Crippen LogP contribution in [0.3, 0.4) is 0 Å². The highest BCUT2D eigenvalue weighted by molar-refractivity contribution is 5.84. The van der Waals surface area contributed by atoms with Crippen LogP contribution in [0, 0.1) is 6.92 Å². The topological polar surface area (TPSA) is 115 Å². The molecule has 2 rings (SSSR count). The highest BCUT2D eigenvalue weighted by Crippen LogP contribution is 2.18. The number of rotatable bonds is 7. The average molecular weight is 320 g/mol. The quantitative estimate of drug-likeness (QED) is 0.740. The highest BCUT2D eigenvalue weighted by atomic mass is 16.4. The smallest absolute Gasteiger partial charge is 0.265 e. The minimum atomic E-state index is -0.243. The Labute approximate surface area is 133 Å². The largest absolute Gasteiger partial charge is 0.419 e. The van der Waals surface area contributed by atoms with Crippen LogP contribution < -0.4 is 10.6 Å². The summed E-state index contributed by atoms with van der Waals surface area (Å²) in [6, 6.07) is 1.84. The first-order chi connectivity index (χ1) is 11.0. The van der Waals surface area contributed by atoms with E-state index in [0.29, 0.717) is 24.7 Å². The Bertz CT molecular complexity index is 690. The van der Waals surface area contributed by atoms with Crippen molar-refractivity contribution < 1.29 is 14.0 Å². The van der Waals surface area contributed by atoms with E-state index in [-0.39, 0.29) is 24.8 Å². The molecule has 2 N–H and O–H groups in total. The van der Waals surface area contributed by atoms with Gasteiger partial charge in [-0.3, -0.25) is 14.3 Å². The van der Waals surface area contributed by atoms with Crippen molar-refractivity contribution >= 4 is 11.8 Å². The van der Waals surface area contributed by atoms with E-state index in [0.717, 1.165) is 11.4 Å². The van der Waals surface area contributed by atoms with Crippen LogP contribution in [-0.2, 0) is 23.1 Å². The molecule has 0 atom stereocenters. The summed E-state index contributed by atoms with van der Waals surface area (Å²) in [6.07, 6.45) is 0.483. The molecule has 0 saturated carbocycles. The summed E-state index contributed by atoms with van der Waals surface area (Å²) in [7, 11) is 1.79. The molecule has 124 valence electrons. The number of carbonyl (C=O) groups is 2. The Morgan fingerprint density at radius 3 is 2.70 bits per heavy atom. The highest BCUT2D eigenvalue weighted by Gasteiger charge is 2.14. The van der Waals surface area contributed by atoms with E-state index in [9.17, 15) is 9.59 Å². The third kappa shape index (κ3) is 4.63. The molecule has 9 heteroatoms. The van der Waals surface area contributed by atoms with Crippen molar-refractivity contribution in [2.75, 3.05) is 13.1 Å². The van der Waals surface area contributed by atoms with Crippen molar-refractivity contribution in [2.24, 2.45) is 7.05 Å². The van der Waals surface area contributed by atoms with Gasteiger partial charge in [-0.25, -0.2) is 0 Å². The van der Waals surface area contributed by atoms with Gasteiger partial charge in [0.2, 0.25) is 17.7 Å². The van der Waals surface area contributed by atoms with Crippen LogP contribution in [-0.4, -0.2) is 44.9 Å². The molecule has 0 saturated heterocycles. The van der Waals surface area contributed by atoms with Crippen LogP contribution >= 0.6 is 0 Å². The Morgan fingerprint density at radius 2 is 2.04 bits per heavy atom. The van der Waals surface area contributed by atoms with Crippen LogP contribution in [0.4, 0.5) is 0 Å². The molecule has 0 aliphatic carbocycles. The normalized spacial score (nSPS) is 10.6. The number of amides is 2. The zero-order valence-corrected chi connectivity index (χ0v) is 13.4. The maximum atomic E-state index is 11.7. The van der Waals surface area contributed by atoms with Crippen LogP contribution in [0.5, 0.6) is 0 Å². The molecule has 0 spiro atoms. The summed E-state index contributed by atoms with van der Waals surface area (Å²) >= 11 is 0. The lowest BCUT2D eigenvalue weighted by molar-refractivity contribution is -0.126. The molecule has 0 aromatic carbocycles. The van der Waals surface area contributed by atoms with Gasteiger partial charge < -0.3 is 15.1 Å². The van der Waals surface area contributed by atoms with E-state index >= 15 is 0 Å². The van der Waals surface area contributed by atoms with Crippen LogP contribution in [0.25, 0.3) is 11.6 Å². The molecule has 9 nitrogen and oxygen atoms in total. The first-order valence-electron chi connectivity index (χ1n) is 7.36. The fourth-order valence-electron chi connectivity index (χ4n) is 2.02. The molecule has 0 bridgehead atoms. The lowest BCUT2D eigenvalue weighted by atomic mass is 10.3. The van der Waals surface area contributed by atoms with Gasteiger partial charge in [0.15, 0.2) is 0 Å². The number of aryl methyl sites for hydroxylation is 3. The van der Waals surface area contributed by atoms with E-state index in [2.05, 4.69) is 25.9 Å². The van der Waals surface area contributed by atoms with Gasteiger partial charge in [-0.2, -0.15) is 5.10 Å². The van der Waals surface area contributed by atoms with Crippen molar-refractivity contribution in [3.05, 3.63) is 17.7 Å². The molecule has 2 aromatic heterocycles. The first-order valence-corrected chi connectivity index (χ1v) is 7.36. The van der Waals surface area contributed by atoms with Gasteiger partial charge in [-0.1, -0.05) is 0 Å². The summed E-state index contributed by atoms with van der Waals surface area (Å²) in [6.45, 7) is 4.19. The van der Waals surface area contributed by atoms with E-state index in [1.165, 1.54) is 0 Å². The van der Waals surface area contributed by atoms with Crippen LogP contribution in [0.1, 0.15) is 24.9 Å². The van der Waals surface area contributed by atoms with E-state index in [4.69, 9.17) is 4.42 Å². The number of hydrogen-bond donors (Lipinski definition) is 2. The van der Waals surface area contributed by atoms with Gasteiger partial charge in [0, 0.05) is 26.4 Å². The molecule has 0 aliphatic rings. The molecule has 2 aromatic rings. The number of hydrogen-bond acceptors (Lipinski definition) is 6. The Morgan fingerprint density at radius 1 is 1.26 bits per heavy atom. The minimum Gasteiger partial charge on any atom is -0.419 e. The Kier molecular flexibility index (Phi) is 5.45. The molecular formula is C14H20N6O3. The van der Waals surface area contributed by atoms with Crippen molar-refractivity contribution in [2.45, 2.75) is 26.7 Å². The van der Waals surface area contributed by atoms with Gasteiger partial charge in [0.25, 0.3) is 5.89 Å². The van der Waals surface area contributed by atoms with Gasteiger partial charge in [0.1, 0.15) is 5.69 Å². The molecule has 0 unspecified atom stereocenters. The number of nitrogens with one attached hydrogen (secondary N) is 2. The molecule has 2 heterocycles. The lowest BCUT2D eigenvalue weighted by Gasteiger charge is -2.04. The third-order valence-electron chi connectivity index (χ3n) is 3.07. The zero-order valence-electron chi connectivity index (χ0n) is 13.4. The van der Waals surface area contributed by atoms with Gasteiger partial charge >= 0.3 is 0 Å². The zero-order chi connectivity index (χ0) is 16.8. The Hall–Kier alpha value is -2.71. The maximum Gasteiger partial charge on any atom is 0.265 e. The maximum absolute atomic E-state index is 11.7. The van der Waals surface area contributed by atoms with Crippen molar-refractivity contribution in [3.8, 4) is 11.6 Å². The summed E-state index contributed by atoms with van der Waals surface area (Å²) in [5, 5.41) is 17.2. The molecular weight excluding hydrogens is 300 g/mol. The number of likely N-dealkylation sites (N-methyl/N-ethyl adjacent to an activating group) is 1. The van der Waals surface area contributed by atoms with Crippen molar-refractivity contribution in [3.63, 3.8) is 0 Å². The van der Waals surface area contributed by atoms with Crippen LogP contribution in [0.2, 0.25) is 0 Å². The lowest BCUT2D eigenvalue weighted by Crippen LogP contribution is -2.36. The molecule has 2 amide bonds. The summed E-state index contributed by atoms with van der Waals surface area (Å²) in [5.74, 6) is 0.276. The monoisotopic (exact) mass is 320 g/mol. The predicted octanol–water partition coefficient (Wildman–Crippen LogP) is -0.0366. The SMILES string of the molecule is CCNC(=O)CNC(=O)CCc1nnc(-c2cc(C)nn2C)o1. The second-order valence-electron chi connectivity index (χ2n) is 5.03. The average Bonchev–Trinajstić information content (AvgIpc) is 3.09. The second kappa shape index (κ2) is 7.52. The molecule has 23 heavy (non-hydrogen) atoms. The summed E-state index contributed by atoms with van der Waals surface area (Å²) < 4.78 is 7.19. The van der Waals surface area contributed by atoms with E-state index in [1.807, 2.05) is 19.9 Å². The second-order valence-corrected chi connectivity index (χ2v) is 5.03. The summed E-state index contributed by atoms with van der Waals surface area (Å²) in [4.78, 5) is 22.9. The fraction of sp³-hybridized carbons (Fsp3) is 0.500. The van der Waals surface area contributed by atoms with Gasteiger partial charge in [-0.15, -0.1) is 10.2 Å². The molecule has 0 aliphatic heterocycles. The molecule has 0 fully saturated rings. The minimum absolute atomic E-state index is 0.0317. The standard InChI is InChI=1S/C14H20N6O3/c1-4-15-12(22)8-16-11(21)5-6-13-17-18-14(23-13)10-7-9(2)19-20(10)3/h7H,4-6,8H2,1-3H3,(H,15,22)(H,16,21). The number of nitrogens with zero attached hydrogens (tertiary/aromatic N) is 4. The van der Waals surface area contributed by atoms with Gasteiger partial charge in [-0.05, 0) is 19.9 Å². The molecule has 0 radical (unpaired) electrons. The van der Waals surface area contributed by atoms with Gasteiger partial charge in [0.05, 0.1) is 12.2 Å². The van der Waals surface area contributed by atoms with Crippen molar-refractivity contribution in [1.82, 2.24) is 30.6 Å². The van der Waals surface area contributed by atoms with E-state index in [1.54, 1.807) is 11.7 Å². The number of aromatic nitrogens is 4. The van der Waals surface area contributed by atoms with Crippen LogP contribution in [0.15, 0.2) is 10.5 Å². The van der Waals surface area contributed by atoms with E-state index < -0.39 is 0 Å². The summed E-state index contributed by atoms with van der Waals surface area (Å²) in [5.41, 5.74) is 1.58. The Balaban J connectivity index is 1.84.